The van der Waals surface area contributed by atoms with Gasteiger partial charge in [0.25, 0.3) is 0 Å². The molecule has 1 aromatic carbocycles. The van der Waals surface area contributed by atoms with Crippen LogP contribution in [0.25, 0.3) is 0 Å². The van der Waals surface area contributed by atoms with Crippen LogP contribution in [0.4, 0.5) is 0 Å². The van der Waals surface area contributed by atoms with Crippen LogP contribution in [0.1, 0.15) is 35.3 Å². The number of nitrogens with zero attached hydrogens (tertiary/aromatic N) is 2. The first-order chi connectivity index (χ1) is 10.8. The summed E-state index contributed by atoms with van der Waals surface area (Å²) >= 11 is 0. The lowest BCUT2D eigenvalue weighted by atomic mass is 10.0. The highest BCUT2D eigenvalue weighted by Gasteiger charge is 2.23. The van der Waals surface area contributed by atoms with Crippen molar-refractivity contribution in [3.8, 4) is 0 Å². The quantitative estimate of drug-likeness (QED) is 0.939. The summed E-state index contributed by atoms with van der Waals surface area (Å²) in [7, 11) is 0. The third kappa shape index (κ3) is 3.54. The van der Waals surface area contributed by atoms with Crippen LogP contribution >= 0.6 is 0 Å². The molecule has 1 N–H and O–H groups in total. The molecule has 2 heterocycles. The molecule has 0 amide bonds. The van der Waals surface area contributed by atoms with E-state index in [1.54, 1.807) is 0 Å². The van der Waals surface area contributed by atoms with E-state index in [0.29, 0.717) is 6.04 Å². The van der Waals surface area contributed by atoms with Crippen molar-refractivity contribution < 1.29 is 0 Å². The Labute approximate surface area is 133 Å². The monoisotopic (exact) mass is 295 g/mol. The number of piperazine rings is 1. The molecule has 0 radical (unpaired) electrons. The third-order valence-corrected chi connectivity index (χ3v) is 4.49. The van der Waals surface area contributed by atoms with Gasteiger partial charge >= 0.3 is 0 Å². The van der Waals surface area contributed by atoms with E-state index >= 15 is 0 Å². The molecule has 0 bridgehead atoms. The van der Waals surface area contributed by atoms with E-state index in [-0.39, 0.29) is 0 Å². The van der Waals surface area contributed by atoms with Crippen molar-refractivity contribution >= 4 is 0 Å². The molecule has 22 heavy (non-hydrogen) atoms. The number of aryl methyl sites for hydroxylation is 2. The molecule has 1 unspecified atom stereocenters. The van der Waals surface area contributed by atoms with E-state index in [0.717, 1.165) is 38.3 Å². The zero-order chi connectivity index (χ0) is 15.4. The van der Waals surface area contributed by atoms with Gasteiger partial charge in [-0.05, 0) is 36.1 Å². The van der Waals surface area contributed by atoms with Crippen molar-refractivity contribution in [1.82, 2.24) is 15.2 Å². The van der Waals surface area contributed by atoms with Crippen molar-refractivity contribution in [3.63, 3.8) is 0 Å². The molecule has 0 saturated carbocycles. The Balaban J connectivity index is 1.76. The second kappa shape index (κ2) is 7.03. The molecule has 0 spiro atoms. The maximum Gasteiger partial charge on any atom is 0.0476 e. The number of hydrogen-bond donors (Lipinski definition) is 1. The van der Waals surface area contributed by atoms with E-state index in [9.17, 15) is 0 Å². The van der Waals surface area contributed by atoms with Gasteiger partial charge < -0.3 is 5.32 Å². The van der Waals surface area contributed by atoms with E-state index in [1.165, 1.54) is 16.7 Å². The SMILES string of the molecule is CCc1ccc(C2CNCCN2Cc2ccc(C)nc2)cc1. The van der Waals surface area contributed by atoms with Crippen molar-refractivity contribution in [2.24, 2.45) is 0 Å². The summed E-state index contributed by atoms with van der Waals surface area (Å²) < 4.78 is 0. The van der Waals surface area contributed by atoms with Gasteiger partial charge in [-0.2, -0.15) is 0 Å². The van der Waals surface area contributed by atoms with Gasteiger partial charge in [-0.1, -0.05) is 37.3 Å². The van der Waals surface area contributed by atoms with Crippen LogP contribution in [0.15, 0.2) is 42.6 Å². The fourth-order valence-corrected chi connectivity index (χ4v) is 3.07. The molecule has 1 aliphatic heterocycles. The lowest BCUT2D eigenvalue weighted by molar-refractivity contribution is 0.153. The van der Waals surface area contributed by atoms with Crippen molar-refractivity contribution in [3.05, 3.63) is 65.0 Å². The predicted octanol–water partition coefficient (Wildman–Crippen LogP) is 3.10. The number of pyridine rings is 1. The van der Waals surface area contributed by atoms with Gasteiger partial charge in [0.15, 0.2) is 0 Å². The number of rotatable bonds is 4. The van der Waals surface area contributed by atoms with Gasteiger partial charge in [-0.15, -0.1) is 0 Å². The van der Waals surface area contributed by atoms with Crippen LogP contribution in [0.3, 0.4) is 0 Å². The number of benzene rings is 1. The Kier molecular flexibility index (Phi) is 4.86. The summed E-state index contributed by atoms with van der Waals surface area (Å²) in [5.41, 5.74) is 5.18. The van der Waals surface area contributed by atoms with Crippen LogP contribution in [-0.4, -0.2) is 29.5 Å². The largest absolute Gasteiger partial charge is 0.314 e. The minimum absolute atomic E-state index is 0.445. The van der Waals surface area contributed by atoms with Crippen LogP contribution in [0.2, 0.25) is 0 Å². The third-order valence-electron chi connectivity index (χ3n) is 4.49. The highest BCUT2D eigenvalue weighted by atomic mass is 15.2. The van der Waals surface area contributed by atoms with E-state index in [2.05, 4.69) is 58.5 Å². The number of aromatic nitrogens is 1. The molecule has 1 aromatic heterocycles. The fraction of sp³-hybridized carbons (Fsp3) is 0.421. The van der Waals surface area contributed by atoms with Crippen LogP contribution in [-0.2, 0) is 13.0 Å². The van der Waals surface area contributed by atoms with Gasteiger partial charge in [0, 0.05) is 44.1 Å². The maximum absolute atomic E-state index is 4.42. The standard InChI is InChI=1S/C19H25N3/c1-3-16-6-8-18(9-7-16)19-13-20-10-11-22(19)14-17-5-4-15(2)21-12-17/h4-9,12,19-20H,3,10-11,13-14H2,1-2H3. The molecule has 0 aliphatic carbocycles. The summed E-state index contributed by atoms with van der Waals surface area (Å²) in [6.45, 7) is 8.36. The minimum Gasteiger partial charge on any atom is -0.314 e. The van der Waals surface area contributed by atoms with Crippen molar-refractivity contribution in [2.45, 2.75) is 32.9 Å². The van der Waals surface area contributed by atoms with E-state index < -0.39 is 0 Å². The number of nitrogens with one attached hydrogen (secondary N) is 1. The second-order valence-electron chi connectivity index (χ2n) is 6.09. The summed E-state index contributed by atoms with van der Waals surface area (Å²) in [5, 5.41) is 3.53. The second-order valence-corrected chi connectivity index (χ2v) is 6.09. The molecular weight excluding hydrogens is 270 g/mol. The Hall–Kier alpha value is -1.71. The Morgan fingerprint density at radius 2 is 1.91 bits per heavy atom. The Bertz CT molecular complexity index is 589. The van der Waals surface area contributed by atoms with E-state index in [4.69, 9.17) is 0 Å². The Morgan fingerprint density at radius 1 is 1.14 bits per heavy atom. The molecule has 3 rings (SSSR count). The van der Waals surface area contributed by atoms with Gasteiger partial charge in [-0.25, -0.2) is 0 Å². The molecule has 116 valence electrons. The molecule has 2 aromatic rings. The van der Waals surface area contributed by atoms with Gasteiger partial charge in [-0.3, -0.25) is 9.88 Å². The lowest BCUT2D eigenvalue weighted by Gasteiger charge is -2.36. The molecular formula is C19H25N3. The highest BCUT2D eigenvalue weighted by Crippen LogP contribution is 2.24. The molecule has 3 heteroatoms. The van der Waals surface area contributed by atoms with Crippen LogP contribution in [0, 0.1) is 6.92 Å². The normalized spacial score (nSPS) is 19.3. The number of hydrogen-bond acceptors (Lipinski definition) is 3. The topological polar surface area (TPSA) is 28.2 Å². The summed E-state index contributed by atoms with van der Waals surface area (Å²) in [6, 6.07) is 13.8. The smallest absolute Gasteiger partial charge is 0.0476 e. The first kappa shape index (κ1) is 15.2. The summed E-state index contributed by atoms with van der Waals surface area (Å²) in [5.74, 6) is 0. The van der Waals surface area contributed by atoms with Gasteiger partial charge in [0.2, 0.25) is 0 Å². The molecule has 1 fully saturated rings. The zero-order valence-electron chi connectivity index (χ0n) is 13.5. The average molecular weight is 295 g/mol. The average Bonchev–Trinajstić information content (AvgIpc) is 2.58. The summed E-state index contributed by atoms with van der Waals surface area (Å²) in [6.07, 6.45) is 3.11. The molecule has 3 nitrogen and oxygen atoms in total. The first-order valence-corrected chi connectivity index (χ1v) is 8.21. The zero-order valence-corrected chi connectivity index (χ0v) is 13.5. The Morgan fingerprint density at radius 3 is 2.59 bits per heavy atom. The van der Waals surface area contributed by atoms with Gasteiger partial charge in [0.05, 0.1) is 0 Å². The predicted molar refractivity (Wildman–Crippen MR) is 90.8 cm³/mol. The van der Waals surface area contributed by atoms with Gasteiger partial charge in [0.1, 0.15) is 0 Å². The fourth-order valence-electron chi connectivity index (χ4n) is 3.07. The van der Waals surface area contributed by atoms with Crippen LogP contribution < -0.4 is 5.32 Å². The molecule has 1 aliphatic rings. The molecule has 1 saturated heterocycles. The molecule has 1 atom stereocenters. The lowest BCUT2D eigenvalue weighted by Crippen LogP contribution is -2.45. The summed E-state index contributed by atoms with van der Waals surface area (Å²) in [4.78, 5) is 6.98. The first-order valence-electron chi connectivity index (χ1n) is 8.21. The van der Waals surface area contributed by atoms with Crippen LogP contribution in [0.5, 0.6) is 0 Å². The minimum atomic E-state index is 0.445. The highest BCUT2D eigenvalue weighted by molar-refractivity contribution is 5.26. The van der Waals surface area contributed by atoms with Crippen molar-refractivity contribution in [2.75, 3.05) is 19.6 Å². The van der Waals surface area contributed by atoms with E-state index in [1.807, 2.05) is 13.1 Å². The maximum atomic E-state index is 4.42. The van der Waals surface area contributed by atoms with Crippen molar-refractivity contribution in [1.29, 1.82) is 0 Å².